The van der Waals surface area contributed by atoms with Gasteiger partial charge in [0.15, 0.2) is 0 Å². The molecule has 0 bridgehead atoms. The molecule has 0 aliphatic heterocycles. The Kier molecular flexibility index (Phi) is 6.53. The van der Waals surface area contributed by atoms with Crippen molar-refractivity contribution >= 4 is 43.6 Å². The zero-order valence-electron chi connectivity index (χ0n) is 33.8. The maximum atomic E-state index is 2.56. The number of benzene rings is 7. The maximum Gasteiger partial charge on any atom is 0.0547 e. The predicted octanol–water partition coefficient (Wildman–Crippen LogP) is 14.4. The zero-order valence-corrected chi connectivity index (χ0v) is 33.8. The van der Waals surface area contributed by atoms with E-state index < -0.39 is 0 Å². The Labute approximate surface area is 330 Å². The molecule has 2 aromatic heterocycles. The average molecular weight is 725 g/mol. The van der Waals surface area contributed by atoms with Crippen LogP contribution in [0.1, 0.15) is 77.6 Å². The van der Waals surface area contributed by atoms with Gasteiger partial charge in [0.05, 0.1) is 22.1 Å². The van der Waals surface area contributed by atoms with Crippen LogP contribution in [0.2, 0.25) is 0 Å². The molecule has 0 saturated heterocycles. The maximum absolute atomic E-state index is 2.56. The summed E-state index contributed by atoms with van der Waals surface area (Å²) < 4.78 is 4.98. The molecule has 2 heteroatoms. The van der Waals surface area contributed by atoms with Crippen molar-refractivity contribution in [2.75, 3.05) is 0 Å². The molecule has 9 aromatic rings. The molecule has 0 unspecified atom stereocenters. The minimum atomic E-state index is -0.0783. The second kappa shape index (κ2) is 10.9. The molecule has 7 aromatic carbocycles. The lowest BCUT2D eigenvalue weighted by atomic mass is 9.59. The highest BCUT2D eigenvalue weighted by atomic mass is 15.0. The third-order valence-corrected chi connectivity index (χ3v) is 15.2. The Morgan fingerprint density at radius 1 is 0.357 bits per heavy atom. The van der Waals surface area contributed by atoms with Crippen LogP contribution in [0.3, 0.4) is 0 Å². The SMILES string of the molecule is CC1(C)c2ccccc2-c2cc3c4cc(-c5cccc6c5c5cc7c(cc5n6-c5ccccc5)C(C)(C)C(C)(C)C7(C)C)ccc4n(-c4ccccc4)c3cc21. The minimum absolute atomic E-state index is 0.00174. The summed E-state index contributed by atoms with van der Waals surface area (Å²) in [5, 5.41) is 5.21. The minimum Gasteiger partial charge on any atom is -0.309 e. The summed E-state index contributed by atoms with van der Waals surface area (Å²) in [6.07, 6.45) is 0. The van der Waals surface area contributed by atoms with Gasteiger partial charge in [0.25, 0.3) is 0 Å². The van der Waals surface area contributed by atoms with E-state index in [0.717, 1.165) is 0 Å². The highest BCUT2D eigenvalue weighted by molar-refractivity contribution is 6.18. The van der Waals surface area contributed by atoms with E-state index in [4.69, 9.17) is 0 Å². The lowest BCUT2D eigenvalue weighted by Gasteiger charge is -2.44. The van der Waals surface area contributed by atoms with Gasteiger partial charge in [-0.1, -0.05) is 134 Å². The van der Waals surface area contributed by atoms with Gasteiger partial charge in [-0.25, -0.2) is 0 Å². The van der Waals surface area contributed by atoms with Gasteiger partial charge in [-0.15, -0.1) is 0 Å². The van der Waals surface area contributed by atoms with E-state index in [9.17, 15) is 0 Å². The van der Waals surface area contributed by atoms with Crippen LogP contribution in [0.4, 0.5) is 0 Å². The second-order valence-electron chi connectivity index (χ2n) is 18.6. The molecule has 0 saturated carbocycles. The van der Waals surface area contributed by atoms with Crippen LogP contribution in [0.25, 0.3) is 77.2 Å². The van der Waals surface area contributed by atoms with Gasteiger partial charge in [0.1, 0.15) is 0 Å². The van der Waals surface area contributed by atoms with Crippen molar-refractivity contribution < 1.29 is 0 Å². The first-order valence-corrected chi connectivity index (χ1v) is 20.3. The lowest BCUT2D eigenvalue weighted by molar-refractivity contribution is 0.125. The molecule has 2 aliphatic carbocycles. The van der Waals surface area contributed by atoms with Gasteiger partial charge in [-0.05, 0) is 127 Å². The predicted molar refractivity (Wildman–Crippen MR) is 238 cm³/mol. The quantitative estimate of drug-likeness (QED) is 0.172. The van der Waals surface area contributed by atoms with E-state index in [1.165, 1.54) is 99.5 Å². The highest BCUT2D eigenvalue weighted by Crippen LogP contribution is 2.62. The lowest BCUT2D eigenvalue weighted by Crippen LogP contribution is -2.42. The van der Waals surface area contributed by atoms with E-state index in [1.807, 2.05) is 0 Å². The Bertz CT molecular complexity index is 3110. The summed E-state index contributed by atoms with van der Waals surface area (Å²) >= 11 is 0. The molecule has 56 heavy (non-hydrogen) atoms. The topological polar surface area (TPSA) is 9.86 Å². The molecule has 11 rings (SSSR count). The first kappa shape index (κ1) is 33.5. The van der Waals surface area contributed by atoms with Gasteiger partial charge in [0, 0.05) is 38.3 Å². The molecule has 0 amide bonds. The standard InChI is InChI=1S/C54H48N2/c1-51(2)42-24-16-15-22-37(42)38-29-40-39-28-33(26-27-46(39)55(48(40)31-43(38)51)34-18-11-9-12-19-34)36-23-17-25-47-50(36)41-30-44-45(53(5,6)54(7,8)52(44,3)4)32-49(41)56(47)35-20-13-10-14-21-35/h9-32H,1-8H3. The van der Waals surface area contributed by atoms with Gasteiger partial charge in [-0.2, -0.15) is 0 Å². The second-order valence-corrected chi connectivity index (χ2v) is 18.6. The van der Waals surface area contributed by atoms with Crippen LogP contribution in [-0.4, -0.2) is 9.13 Å². The van der Waals surface area contributed by atoms with E-state index >= 15 is 0 Å². The Hall–Kier alpha value is -5.86. The van der Waals surface area contributed by atoms with Crippen molar-refractivity contribution in [2.45, 2.75) is 71.6 Å². The summed E-state index contributed by atoms with van der Waals surface area (Å²) in [4.78, 5) is 0. The first-order valence-electron chi connectivity index (χ1n) is 20.3. The summed E-state index contributed by atoms with van der Waals surface area (Å²) in [7, 11) is 0. The molecule has 0 atom stereocenters. The van der Waals surface area contributed by atoms with Crippen molar-refractivity contribution in [3.05, 3.63) is 168 Å². The van der Waals surface area contributed by atoms with Crippen molar-refractivity contribution in [3.8, 4) is 33.6 Å². The van der Waals surface area contributed by atoms with Gasteiger partial charge in [-0.3, -0.25) is 0 Å². The number of hydrogen-bond donors (Lipinski definition) is 0. The van der Waals surface area contributed by atoms with E-state index in [-0.39, 0.29) is 21.7 Å². The first-order chi connectivity index (χ1) is 26.8. The van der Waals surface area contributed by atoms with Crippen LogP contribution < -0.4 is 0 Å². The molecule has 0 spiro atoms. The fourth-order valence-corrected chi connectivity index (χ4v) is 10.9. The van der Waals surface area contributed by atoms with Gasteiger partial charge in [0.2, 0.25) is 0 Å². The van der Waals surface area contributed by atoms with Crippen LogP contribution >= 0.6 is 0 Å². The van der Waals surface area contributed by atoms with Crippen molar-refractivity contribution in [1.82, 2.24) is 9.13 Å². The normalized spacial score (nSPS) is 17.1. The molecule has 2 heterocycles. The van der Waals surface area contributed by atoms with Crippen molar-refractivity contribution in [2.24, 2.45) is 5.41 Å². The Balaban J connectivity index is 1.23. The molecule has 2 aliphatic rings. The number of rotatable bonds is 3. The number of fused-ring (bicyclic) bond motifs is 10. The molecular weight excluding hydrogens is 677 g/mol. The fourth-order valence-electron chi connectivity index (χ4n) is 10.9. The molecule has 0 radical (unpaired) electrons. The van der Waals surface area contributed by atoms with Crippen LogP contribution in [0.5, 0.6) is 0 Å². The van der Waals surface area contributed by atoms with E-state index in [0.29, 0.717) is 0 Å². The van der Waals surface area contributed by atoms with Crippen LogP contribution in [-0.2, 0) is 16.2 Å². The molecule has 274 valence electrons. The summed E-state index contributed by atoms with van der Waals surface area (Å²) in [5.74, 6) is 0. The zero-order chi connectivity index (χ0) is 38.5. The summed E-state index contributed by atoms with van der Waals surface area (Å²) in [6, 6.07) is 55.0. The van der Waals surface area contributed by atoms with Gasteiger partial charge >= 0.3 is 0 Å². The van der Waals surface area contributed by atoms with E-state index in [1.54, 1.807) is 0 Å². The van der Waals surface area contributed by atoms with Crippen LogP contribution in [0.15, 0.2) is 146 Å². The largest absolute Gasteiger partial charge is 0.309 e. The Morgan fingerprint density at radius 3 is 1.61 bits per heavy atom. The molecule has 0 fully saturated rings. The average Bonchev–Trinajstić information content (AvgIpc) is 3.81. The number of para-hydroxylation sites is 2. The fraction of sp³-hybridized carbons (Fsp3) is 0.222. The van der Waals surface area contributed by atoms with Gasteiger partial charge < -0.3 is 9.13 Å². The van der Waals surface area contributed by atoms with E-state index in [2.05, 4.69) is 210 Å². The monoisotopic (exact) mass is 724 g/mol. The summed E-state index contributed by atoms with van der Waals surface area (Å²) in [5.41, 5.74) is 18.3. The Morgan fingerprint density at radius 2 is 0.911 bits per heavy atom. The highest BCUT2D eigenvalue weighted by Gasteiger charge is 2.57. The van der Waals surface area contributed by atoms with Crippen LogP contribution in [0, 0.1) is 5.41 Å². The molecular formula is C54H48N2. The molecule has 2 nitrogen and oxygen atoms in total. The number of aromatic nitrogens is 2. The smallest absolute Gasteiger partial charge is 0.0547 e. The number of hydrogen-bond acceptors (Lipinski definition) is 0. The third kappa shape index (κ3) is 4.07. The number of nitrogens with zero attached hydrogens (tertiary/aromatic N) is 2. The van der Waals surface area contributed by atoms with Crippen molar-refractivity contribution in [1.29, 1.82) is 0 Å². The summed E-state index contributed by atoms with van der Waals surface area (Å²) in [6.45, 7) is 19.5. The molecule has 0 N–H and O–H groups in total. The third-order valence-electron chi connectivity index (χ3n) is 15.2. The van der Waals surface area contributed by atoms with Crippen molar-refractivity contribution in [3.63, 3.8) is 0 Å².